The van der Waals surface area contributed by atoms with Crippen molar-refractivity contribution in [1.82, 2.24) is 0 Å². The van der Waals surface area contributed by atoms with Crippen molar-refractivity contribution in [2.45, 2.75) is 13.5 Å². The standard InChI is InChI=1S/C11H18O3S/c1-2-12-4-5-13-6-7-14-9-11-3-8-15-10-11/h3,8,10H,2,4-7,9H2,1H3. The Bertz CT molecular complexity index is 224. The zero-order valence-electron chi connectivity index (χ0n) is 9.11. The molecule has 0 bridgehead atoms. The van der Waals surface area contributed by atoms with E-state index in [4.69, 9.17) is 14.2 Å². The normalized spacial score (nSPS) is 10.7. The highest BCUT2D eigenvalue weighted by Crippen LogP contribution is 2.06. The lowest BCUT2D eigenvalue weighted by Gasteiger charge is -2.05. The van der Waals surface area contributed by atoms with E-state index in [1.54, 1.807) is 11.3 Å². The van der Waals surface area contributed by atoms with Crippen molar-refractivity contribution in [3.05, 3.63) is 22.4 Å². The lowest BCUT2D eigenvalue weighted by atomic mass is 10.4. The van der Waals surface area contributed by atoms with Crippen molar-refractivity contribution in [3.8, 4) is 0 Å². The fourth-order valence-electron chi connectivity index (χ4n) is 1.05. The monoisotopic (exact) mass is 230 g/mol. The van der Waals surface area contributed by atoms with E-state index in [0.29, 0.717) is 33.0 Å². The van der Waals surface area contributed by atoms with Gasteiger partial charge in [-0.2, -0.15) is 11.3 Å². The maximum absolute atomic E-state index is 5.43. The van der Waals surface area contributed by atoms with E-state index in [-0.39, 0.29) is 0 Å². The lowest BCUT2D eigenvalue weighted by molar-refractivity contribution is 0.0129. The topological polar surface area (TPSA) is 27.7 Å². The number of hydrogen-bond donors (Lipinski definition) is 0. The van der Waals surface area contributed by atoms with Crippen molar-refractivity contribution in [2.75, 3.05) is 33.0 Å². The minimum atomic E-state index is 0.636. The average Bonchev–Trinajstić information content (AvgIpc) is 2.75. The molecule has 1 aromatic heterocycles. The Kier molecular flexibility index (Phi) is 7.47. The molecule has 1 aromatic rings. The average molecular weight is 230 g/mol. The highest BCUT2D eigenvalue weighted by Gasteiger charge is 1.93. The molecule has 0 saturated carbocycles. The van der Waals surface area contributed by atoms with Crippen LogP contribution in [0, 0.1) is 0 Å². The molecule has 0 aromatic carbocycles. The van der Waals surface area contributed by atoms with Crippen molar-refractivity contribution in [1.29, 1.82) is 0 Å². The van der Waals surface area contributed by atoms with Crippen LogP contribution < -0.4 is 0 Å². The van der Waals surface area contributed by atoms with Gasteiger partial charge in [0.1, 0.15) is 0 Å². The van der Waals surface area contributed by atoms with Gasteiger partial charge in [-0.15, -0.1) is 0 Å². The van der Waals surface area contributed by atoms with E-state index in [1.807, 2.05) is 6.92 Å². The second-order valence-corrected chi connectivity index (χ2v) is 3.77. The second-order valence-electron chi connectivity index (χ2n) is 2.99. The Morgan fingerprint density at radius 3 is 2.47 bits per heavy atom. The molecule has 3 nitrogen and oxygen atoms in total. The molecule has 0 spiro atoms. The van der Waals surface area contributed by atoms with Gasteiger partial charge >= 0.3 is 0 Å². The van der Waals surface area contributed by atoms with Gasteiger partial charge in [-0.1, -0.05) is 0 Å². The molecule has 0 saturated heterocycles. The first-order valence-corrected chi connectivity index (χ1v) is 6.12. The molecule has 0 aliphatic carbocycles. The Balaban J connectivity index is 1.81. The summed E-state index contributed by atoms with van der Waals surface area (Å²) < 4.78 is 15.9. The van der Waals surface area contributed by atoms with Gasteiger partial charge in [-0.3, -0.25) is 0 Å². The third-order valence-electron chi connectivity index (χ3n) is 1.80. The van der Waals surface area contributed by atoms with Gasteiger partial charge in [0.05, 0.1) is 33.0 Å². The zero-order valence-corrected chi connectivity index (χ0v) is 9.92. The summed E-state index contributed by atoms with van der Waals surface area (Å²) in [5, 5.41) is 4.15. The summed E-state index contributed by atoms with van der Waals surface area (Å²) in [5.74, 6) is 0. The van der Waals surface area contributed by atoms with Gasteiger partial charge in [0.25, 0.3) is 0 Å². The minimum absolute atomic E-state index is 0.636. The van der Waals surface area contributed by atoms with Crippen molar-refractivity contribution in [3.63, 3.8) is 0 Å². The number of thiophene rings is 1. The van der Waals surface area contributed by atoms with Gasteiger partial charge in [0.15, 0.2) is 0 Å². The smallest absolute Gasteiger partial charge is 0.0726 e. The van der Waals surface area contributed by atoms with E-state index >= 15 is 0 Å². The molecule has 0 unspecified atom stereocenters. The van der Waals surface area contributed by atoms with Crippen LogP contribution in [0.5, 0.6) is 0 Å². The minimum Gasteiger partial charge on any atom is -0.379 e. The fourth-order valence-corrected chi connectivity index (χ4v) is 1.70. The first-order chi connectivity index (χ1) is 7.43. The second kappa shape index (κ2) is 8.85. The molecule has 0 amide bonds. The summed E-state index contributed by atoms with van der Waals surface area (Å²) in [7, 11) is 0. The SMILES string of the molecule is CCOCCOCCOCc1ccsc1. The van der Waals surface area contributed by atoms with Crippen LogP contribution in [0.25, 0.3) is 0 Å². The predicted molar refractivity (Wildman–Crippen MR) is 61.3 cm³/mol. The summed E-state index contributed by atoms with van der Waals surface area (Å²) in [6, 6.07) is 2.07. The summed E-state index contributed by atoms with van der Waals surface area (Å²) in [6.45, 7) is 6.00. The molecule has 0 aliphatic rings. The van der Waals surface area contributed by atoms with Crippen LogP contribution in [0.15, 0.2) is 16.8 Å². The first kappa shape index (κ1) is 12.6. The third-order valence-corrected chi connectivity index (χ3v) is 2.53. The highest BCUT2D eigenvalue weighted by atomic mass is 32.1. The predicted octanol–water partition coefficient (Wildman–Crippen LogP) is 2.32. The van der Waals surface area contributed by atoms with Crippen molar-refractivity contribution >= 4 is 11.3 Å². The molecule has 0 fully saturated rings. The van der Waals surface area contributed by atoms with Crippen LogP contribution in [0.1, 0.15) is 12.5 Å². The van der Waals surface area contributed by atoms with Crippen LogP contribution in [0.2, 0.25) is 0 Å². The molecule has 86 valence electrons. The van der Waals surface area contributed by atoms with E-state index in [2.05, 4.69) is 16.8 Å². The number of rotatable bonds is 9. The maximum atomic E-state index is 5.43. The Labute approximate surface area is 95.0 Å². The van der Waals surface area contributed by atoms with E-state index in [9.17, 15) is 0 Å². The third kappa shape index (κ3) is 6.62. The van der Waals surface area contributed by atoms with Crippen LogP contribution in [0.4, 0.5) is 0 Å². The van der Waals surface area contributed by atoms with E-state index < -0.39 is 0 Å². The molecule has 1 heterocycles. The molecular weight excluding hydrogens is 212 g/mol. The quantitative estimate of drug-likeness (QED) is 0.609. The Morgan fingerprint density at radius 2 is 1.80 bits per heavy atom. The van der Waals surface area contributed by atoms with Crippen LogP contribution >= 0.6 is 11.3 Å². The van der Waals surface area contributed by atoms with Crippen molar-refractivity contribution in [2.24, 2.45) is 0 Å². The summed E-state index contributed by atoms with van der Waals surface area (Å²) in [4.78, 5) is 0. The first-order valence-electron chi connectivity index (χ1n) is 5.17. The van der Waals surface area contributed by atoms with Crippen LogP contribution in [-0.2, 0) is 20.8 Å². The highest BCUT2D eigenvalue weighted by molar-refractivity contribution is 7.07. The molecule has 1 rings (SSSR count). The molecular formula is C11H18O3S. The van der Waals surface area contributed by atoms with Gasteiger partial charge in [0, 0.05) is 6.61 Å². The molecule has 0 atom stereocenters. The van der Waals surface area contributed by atoms with E-state index in [0.717, 1.165) is 6.61 Å². The van der Waals surface area contributed by atoms with Crippen LogP contribution in [-0.4, -0.2) is 33.0 Å². The molecule has 4 heteroatoms. The van der Waals surface area contributed by atoms with Crippen molar-refractivity contribution < 1.29 is 14.2 Å². The van der Waals surface area contributed by atoms with E-state index in [1.165, 1.54) is 5.56 Å². The van der Waals surface area contributed by atoms with Gasteiger partial charge in [0.2, 0.25) is 0 Å². The Morgan fingerprint density at radius 1 is 1.07 bits per heavy atom. The molecule has 0 N–H and O–H groups in total. The fraction of sp³-hybridized carbons (Fsp3) is 0.636. The Hall–Kier alpha value is -0.420. The van der Waals surface area contributed by atoms with Crippen LogP contribution in [0.3, 0.4) is 0 Å². The zero-order chi connectivity index (χ0) is 10.8. The molecule has 0 aliphatic heterocycles. The molecule has 15 heavy (non-hydrogen) atoms. The lowest BCUT2D eigenvalue weighted by Crippen LogP contribution is -2.09. The van der Waals surface area contributed by atoms with Gasteiger partial charge in [-0.05, 0) is 29.3 Å². The number of hydrogen-bond acceptors (Lipinski definition) is 4. The summed E-state index contributed by atoms with van der Waals surface area (Å²) in [6.07, 6.45) is 0. The van der Waals surface area contributed by atoms with Gasteiger partial charge in [-0.25, -0.2) is 0 Å². The summed E-state index contributed by atoms with van der Waals surface area (Å²) >= 11 is 1.69. The summed E-state index contributed by atoms with van der Waals surface area (Å²) in [5.41, 5.74) is 1.23. The van der Waals surface area contributed by atoms with Gasteiger partial charge < -0.3 is 14.2 Å². The number of ether oxygens (including phenoxy) is 3. The largest absolute Gasteiger partial charge is 0.379 e. The molecule has 0 radical (unpaired) electrons. The maximum Gasteiger partial charge on any atom is 0.0726 e.